The monoisotopic (exact) mass is 201 g/mol. The number of amides is 1. The molecule has 0 aromatic heterocycles. The molecule has 1 aliphatic rings. The van der Waals surface area contributed by atoms with Gasteiger partial charge in [0.05, 0.1) is 0 Å². The number of thioether (sulfide) groups is 1. The number of rotatable bonds is 2. The second kappa shape index (κ2) is 4.89. The molecule has 1 atom stereocenters. The molecule has 13 heavy (non-hydrogen) atoms. The van der Waals surface area contributed by atoms with E-state index in [0.717, 1.165) is 5.75 Å². The quantitative estimate of drug-likeness (QED) is 0.681. The zero-order chi connectivity index (χ0) is 9.84. The SMILES string of the molecule is CC(C)C(=O)N(C)C1CCCSC1. The van der Waals surface area contributed by atoms with Crippen molar-refractivity contribution in [1.82, 2.24) is 4.90 Å². The van der Waals surface area contributed by atoms with Gasteiger partial charge in [0.25, 0.3) is 0 Å². The maximum Gasteiger partial charge on any atom is 0.225 e. The highest BCUT2D eigenvalue weighted by molar-refractivity contribution is 7.99. The first-order valence-corrected chi connectivity index (χ1v) is 6.13. The first kappa shape index (κ1) is 10.9. The Kier molecular flexibility index (Phi) is 4.10. The highest BCUT2D eigenvalue weighted by Gasteiger charge is 2.23. The van der Waals surface area contributed by atoms with Crippen molar-refractivity contribution in [3.63, 3.8) is 0 Å². The van der Waals surface area contributed by atoms with E-state index in [1.165, 1.54) is 18.6 Å². The van der Waals surface area contributed by atoms with Crippen molar-refractivity contribution >= 4 is 17.7 Å². The molecule has 1 fully saturated rings. The molecule has 0 aromatic carbocycles. The van der Waals surface area contributed by atoms with Gasteiger partial charge in [-0.15, -0.1) is 0 Å². The van der Waals surface area contributed by atoms with Crippen LogP contribution in [0.1, 0.15) is 26.7 Å². The van der Waals surface area contributed by atoms with E-state index in [1.807, 2.05) is 37.6 Å². The Hall–Kier alpha value is -0.180. The molecule has 0 spiro atoms. The standard InChI is InChI=1S/C10H19NOS/c1-8(2)10(12)11(3)9-5-4-6-13-7-9/h8-9H,4-7H2,1-3H3. The molecule has 3 heteroatoms. The van der Waals surface area contributed by atoms with Crippen molar-refractivity contribution in [2.24, 2.45) is 5.92 Å². The third-order valence-corrected chi connectivity index (χ3v) is 3.72. The summed E-state index contributed by atoms with van der Waals surface area (Å²) in [7, 11) is 1.94. The van der Waals surface area contributed by atoms with Gasteiger partial charge in [0.15, 0.2) is 0 Å². The van der Waals surface area contributed by atoms with Gasteiger partial charge in [-0.05, 0) is 18.6 Å². The number of nitrogens with zero attached hydrogens (tertiary/aromatic N) is 1. The molecule has 76 valence electrons. The Morgan fingerprint density at radius 3 is 2.69 bits per heavy atom. The van der Waals surface area contributed by atoms with Crippen LogP contribution in [0.25, 0.3) is 0 Å². The van der Waals surface area contributed by atoms with Crippen molar-refractivity contribution in [3.05, 3.63) is 0 Å². The molecular weight excluding hydrogens is 182 g/mol. The minimum absolute atomic E-state index is 0.136. The van der Waals surface area contributed by atoms with E-state index in [0.29, 0.717) is 6.04 Å². The van der Waals surface area contributed by atoms with Crippen molar-refractivity contribution in [1.29, 1.82) is 0 Å². The van der Waals surface area contributed by atoms with Gasteiger partial charge in [-0.3, -0.25) is 4.79 Å². The van der Waals surface area contributed by atoms with Crippen LogP contribution in [0.4, 0.5) is 0 Å². The van der Waals surface area contributed by atoms with Crippen LogP contribution in [0.5, 0.6) is 0 Å². The summed E-state index contributed by atoms with van der Waals surface area (Å²) in [6.07, 6.45) is 2.44. The number of hydrogen-bond donors (Lipinski definition) is 0. The summed E-state index contributed by atoms with van der Waals surface area (Å²) >= 11 is 1.97. The van der Waals surface area contributed by atoms with Gasteiger partial charge in [0.1, 0.15) is 0 Å². The lowest BCUT2D eigenvalue weighted by atomic mass is 10.1. The van der Waals surface area contributed by atoms with E-state index in [2.05, 4.69) is 0 Å². The molecule has 1 rings (SSSR count). The van der Waals surface area contributed by atoms with Crippen LogP contribution in [0, 0.1) is 5.92 Å². The molecule has 0 radical (unpaired) electrons. The van der Waals surface area contributed by atoms with Crippen LogP contribution in [0.15, 0.2) is 0 Å². The van der Waals surface area contributed by atoms with E-state index in [1.54, 1.807) is 0 Å². The Morgan fingerprint density at radius 1 is 1.54 bits per heavy atom. The Morgan fingerprint density at radius 2 is 2.23 bits per heavy atom. The van der Waals surface area contributed by atoms with Crippen LogP contribution in [-0.2, 0) is 4.79 Å². The van der Waals surface area contributed by atoms with E-state index < -0.39 is 0 Å². The van der Waals surface area contributed by atoms with Crippen molar-refractivity contribution < 1.29 is 4.79 Å². The highest BCUT2D eigenvalue weighted by atomic mass is 32.2. The van der Waals surface area contributed by atoms with Crippen molar-refractivity contribution in [3.8, 4) is 0 Å². The predicted octanol–water partition coefficient (Wildman–Crippen LogP) is 2.00. The van der Waals surface area contributed by atoms with Gasteiger partial charge in [0.2, 0.25) is 5.91 Å². The second-order valence-electron chi connectivity index (χ2n) is 3.97. The maximum absolute atomic E-state index is 11.7. The molecule has 1 unspecified atom stereocenters. The molecule has 2 nitrogen and oxygen atoms in total. The lowest BCUT2D eigenvalue weighted by Crippen LogP contribution is -2.42. The van der Waals surface area contributed by atoms with Crippen LogP contribution in [-0.4, -0.2) is 35.4 Å². The van der Waals surface area contributed by atoms with Gasteiger partial charge < -0.3 is 4.90 Å². The molecule has 0 aliphatic carbocycles. The number of carbonyl (C=O) groups is 1. The predicted molar refractivity (Wildman–Crippen MR) is 58.0 cm³/mol. The van der Waals surface area contributed by atoms with Gasteiger partial charge in [-0.2, -0.15) is 11.8 Å². The molecular formula is C10H19NOS. The first-order valence-electron chi connectivity index (χ1n) is 4.97. The number of hydrogen-bond acceptors (Lipinski definition) is 2. The zero-order valence-electron chi connectivity index (χ0n) is 8.75. The highest BCUT2D eigenvalue weighted by Crippen LogP contribution is 2.21. The lowest BCUT2D eigenvalue weighted by molar-refractivity contribution is -0.134. The lowest BCUT2D eigenvalue weighted by Gasteiger charge is -2.32. The average Bonchev–Trinajstić information content (AvgIpc) is 2.17. The van der Waals surface area contributed by atoms with Gasteiger partial charge in [0, 0.05) is 24.8 Å². The molecule has 1 amide bonds. The fraction of sp³-hybridized carbons (Fsp3) is 0.900. The third-order valence-electron chi connectivity index (χ3n) is 2.53. The summed E-state index contributed by atoms with van der Waals surface area (Å²) in [6.45, 7) is 3.93. The Labute approximate surface area is 85.1 Å². The molecule has 1 heterocycles. The summed E-state index contributed by atoms with van der Waals surface area (Å²) in [5.74, 6) is 2.80. The minimum atomic E-state index is 0.136. The Bertz CT molecular complexity index is 176. The molecule has 1 saturated heterocycles. The summed E-state index contributed by atoms with van der Waals surface area (Å²) in [5, 5.41) is 0. The van der Waals surface area contributed by atoms with Crippen LogP contribution < -0.4 is 0 Å². The van der Waals surface area contributed by atoms with Gasteiger partial charge >= 0.3 is 0 Å². The summed E-state index contributed by atoms with van der Waals surface area (Å²) in [5.41, 5.74) is 0. The molecule has 1 aliphatic heterocycles. The van der Waals surface area contributed by atoms with E-state index >= 15 is 0 Å². The fourth-order valence-corrected chi connectivity index (χ4v) is 2.82. The first-order chi connectivity index (χ1) is 6.13. The molecule has 0 aromatic rings. The smallest absolute Gasteiger partial charge is 0.225 e. The van der Waals surface area contributed by atoms with E-state index in [4.69, 9.17) is 0 Å². The Balaban J connectivity index is 2.45. The largest absolute Gasteiger partial charge is 0.342 e. The van der Waals surface area contributed by atoms with Gasteiger partial charge in [-0.1, -0.05) is 13.8 Å². The number of carbonyl (C=O) groups excluding carboxylic acids is 1. The average molecular weight is 201 g/mol. The van der Waals surface area contributed by atoms with Crippen molar-refractivity contribution in [2.45, 2.75) is 32.7 Å². The van der Waals surface area contributed by atoms with Crippen LogP contribution in [0.3, 0.4) is 0 Å². The van der Waals surface area contributed by atoms with Crippen LogP contribution in [0.2, 0.25) is 0 Å². The van der Waals surface area contributed by atoms with Crippen molar-refractivity contribution in [2.75, 3.05) is 18.6 Å². The van der Waals surface area contributed by atoms with Gasteiger partial charge in [-0.25, -0.2) is 0 Å². The minimum Gasteiger partial charge on any atom is -0.342 e. The molecule has 0 N–H and O–H groups in total. The maximum atomic E-state index is 11.7. The summed E-state index contributed by atoms with van der Waals surface area (Å²) in [4.78, 5) is 13.6. The third kappa shape index (κ3) is 2.90. The molecule has 0 bridgehead atoms. The van der Waals surface area contributed by atoms with E-state index in [9.17, 15) is 4.79 Å². The fourth-order valence-electron chi connectivity index (χ4n) is 1.62. The normalized spacial score (nSPS) is 23.2. The topological polar surface area (TPSA) is 20.3 Å². The second-order valence-corrected chi connectivity index (χ2v) is 5.12. The van der Waals surface area contributed by atoms with Crippen LogP contribution >= 0.6 is 11.8 Å². The summed E-state index contributed by atoms with van der Waals surface area (Å²) in [6, 6.07) is 0.480. The zero-order valence-corrected chi connectivity index (χ0v) is 9.56. The summed E-state index contributed by atoms with van der Waals surface area (Å²) < 4.78 is 0. The molecule has 0 saturated carbocycles. The van der Waals surface area contributed by atoms with E-state index in [-0.39, 0.29) is 11.8 Å².